The molecule has 0 aliphatic carbocycles. The summed E-state index contributed by atoms with van der Waals surface area (Å²) in [6, 6.07) is 7.76. The van der Waals surface area contributed by atoms with Crippen LogP contribution in [0.2, 0.25) is 0 Å². The maximum atomic E-state index is 11.2. The van der Waals surface area contributed by atoms with E-state index in [1.54, 1.807) is 23.1 Å². The number of aryl methyl sites for hydroxylation is 1. The zero-order valence-corrected chi connectivity index (χ0v) is 13.7. The van der Waals surface area contributed by atoms with Gasteiger partial charge in [-0.2, -0.15) is 11.8 Å². The Morgan fingerprint density at radius 1 is 1.43 bits per heavy atom. The van der Waals surface area contributed by atoms with Crippen LogP contribution in [0.15, 0.2) is 29.6 Å². The molecule has 2 N–H and O–H groups in total. The van der Waals surface area contributed by atoms with E-state index in [9.17, 15) is 4.79 Å². The summed E-state index contributed by atoms with van der Waals surface area (Å²) < 4.78 is 4.60. The standard InChI is InChI=1S/C15H18N2O2S2/c1-10-3-5-11(6-4-10)14-17-12(8-21-14)7-20-9-13(16)15(18)19-2/h3-6,8,13H,7,9,16H2,1-2H3. The molecule has 112 valence electrons. The number of nitrogens with zero attached hydrogens (tertiary/aromatic N) is 1. The number of hydrogen-bond donors (Lipinski definition) is 1. The lowest BCUT2D eigenvalue weighted by Crippen LogP contribution is -2.33. The summed E-state index contributed by atoms with van der Waals surface area (Å²) in [5.74, 6) is 0.901. The molecule has 1 atom stereocenters. The molecule has 0 fully saturated rings. The van der Waals surface area contributed by atoms with Gasteiger partial charge in [-0.15, -0.1) is 11.3 Å². The van der Waals surface area contributed by atoms with Crippen molar-refractivity contribution in [2.24, 2.45) is 5.73 Å². The van der Waals surface area contributed by atoms with Crippen molar-refractivity contribution in [3.63, 3.8) is 0 Å². The lowest BCUT2D eigenvalue weighted by Gasteiger charge is -2.07. The van der Waals surface area contributed by atoms with E-state index in [1.165, 1.54) is 12.7 Å². The summed E-state index contributed by atoms with van der Waals surface area (Å²) in [5.41, 5.74) is 9.07. The second-order valence-electron chi connectivity index (χ2n) is 4.65. The fourth-order valence-electron chi connectivity index (χ4n) is 1.71. The van der Waals surface area contributed by atoms with Gasteiger partial charge in [-0.3, -0.25) is 4.79 Å². The fourth-order valence-corrected chi connectivity index (χ4v) is 3.51. The van der Waals surface area contributed by atoms with Gasteiger partial charge in [0.1, 0.15) is 11.0 Å². The predicted octanol–water partition coefficient (Wildman–Crippen LogP) is 2.85. The summed E-state index contributed by atoms with van der Waals surface area (Å²) >= 11 is 3.22. The third kappa shape index (κ3) is 4.56. The molecule has 0 aliphatic heterocycles. The van der Waals surface area contributed by atoms with Gasteiger partial charge in [-0.25, -0.2) is 4.98 Å². The highest BCUT2D eigenvalue weighted by Gasteiger charge is 2.13. The smallest absolute Gasteiger partial charge is 0.323 e. The van der Waals surface area contributed by atoms with Crippen molar-refractivity contribution in [2.75, 3.05) is 12.9 Å². The van der Waals surface area contributed by atoms with Gasteiger partial charge in [0.15, 0.2) is 0 Å². The molecule has 0 spiro atoms. The van der Waals surface area contributed by atoms with Crippen LogP contribution in [-0.4, -0.2) is 29.9 Å². The molecule has 0 saturated carbocycles. The first-order valence-corrected chi connectivity index (χ1v) is 8.56. The zero-order valence-electron chi connectivity index (χ0n) is 12.0. The average molecular weight is 322 g/mol. The molecule has 0 saturated heterocycles. The first kappa shape index (κ1) is 16.0. The van der Waals surface area contributed by atoms with Crippen LogP contribution in [0.5, 0.6) is 0 Å². The van der Waals surface area contributed by atoms with Crippen molar-refractivity contribution in [2.45, 2.75) is 18.7 Å². The number of hydrogen-bond acceptors (Lipinski definition) is 6. The minimum atomic E-state index is -0.574. The second kappa shape index (κ2) is 7.59. The number of benzene rings is 1. The van der Waals surface area contributed by atoms with Crippen LogP contribution in [0, 0.1) is 6.92 Å². The van der Waals surface area contributed by atoms with Crippen molar-refractivity contribution in [3.8, 4) is 10.6 Å². The van der Waals surface area contributed by atoms with E-state index in [2.05, 4.69) is 40.9 Å². The fraction of sp³-hybridized carbons (Fsp3) is 0.333. The van der Waals surface area contributed by atoms with Gasteiger partial charge in [0.2, 0.25) is 0 Å². The minimum Gasteiger partial charge on any atom is -0.468 e. The summed E-state index contributed by atoms with van der Waals surface area (Å²) in [5, 5.41) is 3.06. The Morgan fingerprint density at radius 3 is 2.81 bits per heavy atom. The number of carbonyl (C=O) groups is 1. The summed E-state index contributed by atoms with van der Waals surface area (Å²) in [6.45, 7) is 2.07. The molecule has 0 radical (unpaired) electrons. The second-order valence-corrected chi connectivity index (χ2v) is 6.54. The Kier molecular flexibility index (Phi) is 5.78. The van der Waals surface area contributed by atoms with Gasteiger partial charge in [-0.1, -0.05) is 29.8 Å². The van der Waals surface area contributed by atoms with Crippen LogP contribution in [-0.2, 0) is 15.3 Å². The summed E-state index contributed by atoms with van der Waals surface area (Å²) in [6.07, 6.45) is 0. The third-order valence-electron chi connectivity index (χ3n) is 2.90. The van der Waals surface area contributed by atoms with Crippen molar-refractivity contribution < 1.29 is 9.53 Å². The molecule has 6 heteroatoms. The van der Waals surface area contributed by atoms with Gasteiger partial charge in [0, 0.05) is 22.4 Å². The van der Waals surface area contributed by atoms with Crippen LogP contribution >= 0.6 is 23.1 Å². The van der Waals surface area contributed by atoms with Gasteiger partial charge in [0.05, 0.1) is 12.8 Å². The number of aromatic nitrogens is 1. The number of esters is 1. The number of nitrogens with two attached hydrogens (primary N) is 1. The predicted molar refractivity (Wildman–Crippen MR) is 88.4 cm³/mol. The number of methoxy groups -OCH3 is 1. The summed E-state index contributed by atoms with van der Waals surface area (Å²) in [4.78, 5) is 15.8. The highest BCUT2D eigenvalue weighted by molar-refractivity contribution is 7.98. The Labute approximate surface area is 132 Å². The van der Waals surface area contributed by atoms with Crippen molar-refractivity contribution >= 4 is 29.1 Å². The first-order valence-electron chi connectivity index (χ1n) is 6.52. The molecule has 0 aliphatic rings. The van der Waals surface area contributed by atoms with Crippen LogP contribution in [0.1, 0.15) is 11.3 Å². The Hall–Kier alpha value is -1.37. The van der Waals surface area contributed by atoms with E-state index >= 15 is 0 Å². The molecule has 1 unspecified atom stereocenters. The molecular formula is C15H18N2O2S2. The first-order chi connectivity index (χ1) is 10.1. The minimum absolute atomic E-state index is 0.374. The Morgan fingerprint density at radius 2 is 2.14 bits per heavy atom. The van der Waals surface area contributed by atoms with Gasteiger partial charge in [-0.05, 0) is 6.92 Å². The summed E-state index contributed by atoms with van der Waals surface area (Å²) in [7, 11) is 1.35. The highest BCUT2D eigenvalue weighted by atomic mass is 32.2. The normalized spacial score (nSPS) is 12.1. The highest BCUT2D eigenvalue weighted by Crippen LogP contribution is 2.25. The van der Waals surface area contributed by atoms with Crippen LogP contribution in [0.3, 0.4) is 0 Å². The van der Waals surface area contributed by atoms with Crippen LogP contribution < -0.4 is 5.73 Å². The Balaban J connectivity index is 1.89. The van der Waals surface area contributed by atoms with E-state index in [1.807, 2.05) is 5.38 Å². The van der Waals surface area contributed by atoms with Crippen LogP contribution in [0.25, 0.3) is 10.6 Å². The topological polar surface area (TPSA) is 65.2 Å². The third-order valence-corrected chi connectivity index (χ3v) is 4.94. The average Bonchev–Trinajstić information content (AvgIpc) is 2.95. The lowest BCUT2D eigenvalue weighted by molar-refractivity contribution is -0.141. The SMILES string of the molecule is COC(=O)C(N)CSCc1csc(-c2ccc(C)cc2)n1. The molecule has 0 amide bonds. The molecule has 1 aromatic carbocycles. The number of ether oxygens (including phenoxy) is 1. The molecule has 2 aromatic rings. The zero-order chi connectivity index (χ0) is 15.2. The number of thiazole rings is 1. The number of thioether (sulfide) groups is 1. The Bertz CT molecular complexity index is 596. The maximum Gasteiger partial charge on any atom is 0.323 e. The maximum absolute atomic E-state index is 11.2. The van der Waals surface area contributed by atoms with E-state index in [0.29, 0.717) is 5.75 Å². The van der Waals surface area contributed by atoms with Crippen molar-refractivity contribution in [1.82, 2.24) is 4.98 Å². The molecule has 1 heterocycles. The number of carbonyl (C=O) groups excluding carboxylic acids is 1. The number of rotatable bonds is 6. The lowest BCUT2D eigenvalue weighted by atomic mass is 10.2. The molecule has 1 aromatic heterocycles. The molecule has 21 heavy (non-hydrogen) atoms. The van der Waals surface area contributed by atoms with Gasteiger partial charge in [0.25, 0.3) is 0 Å². The molecule has 4 nitrogen and oxygen atoms in total. The van der Waals surface area contributed by atoms with Crippen LogP contribution in [0.4, 0.5) is 0 Å². The van der Waals surface area contributed by atoms with Gasteiger partial charge >= 0.3 is 5.97 Å². The molecular weight excluding hydrogens is 304 g/mol. The quantitative estimate of drug-likeness (QED) is 0.829. The monoisotopic (exact) mass is 322 g/mol. The van der Waals surface area contributed by atoms with Gasteiger partial charge < -0.3 is 10.5 Å². The van der Waals surface area contributed by atoms with E-state index < -0.39 is 6.04 Å². The van der Waals surface area contributed by atoms with Crippen molar-refractivity contribution in [1.29, 1.82) is 0 Å². The van der Waals surface area contributed by atoms with E-state index in [-0.39, 0.29) is 5.97 Å². The van der Waals surface area contributed by atoms with E-state index in [4.69, 9.17) is 5.73 Å². The van der Waals surface area contributed by atoms with Crippen molar-refractivity contribution in [3.05, 3.63) is 40.9 Å². The van der Waals surface area contributed by atoms with E-state index in [0.717, 1.165) is 22.0 Å². The molecule has 2 rings (SSSR count). The largest absolute Gasteiger partial charge is 0.468 e. The molecule has 0 bridgehead atoms.